The van der Waals surface area contributed by atoms with Crippen LogP contribution in [0.3, 0.4) is 0 Å². The van der Waals surface area contributed by atoms with Gasteiger partial charge in [0.15, 0.2) is 0 Å². The monoisotopic (exact) mass is 381 g/mol. The lowest BCUT2D eigenvalue weighted by Gasteiger charge is -2.08. The van der Waals surface area contributed by atoms with Gasteiger partial charge in [-0.2, -0.15) is 0 Å². The van der Waals surface area contributed by atoms with Crippen molar-refractivity contribution in [2.45, 2.75) is 6.42 Å². The smallest absolute Gasteiger partial charge is 0.274 e. The fraction of sp³-hybridized carbons (Fsp3) is 0.0952. The van der Waals surface area contributed by atoms with Gasteiger partial charge in [-0.15, -0.1) is 0 Å². The predicted octanol–water partition coefficient (Wildman–Crippen LogP) is 3.58. The molecule has 5 nitrogen and oxygen atoms in total. The van der Waals surface area contributed by atoms with Crippen LogP contribution in [0.1, 0.15) is 26.5 Å². The van der Waals surface area contributed by atoms with Crippen LogP contribution >= 0.6 is 0 Å². The van der Waals surface area contributed by atoms with Gasteiger partial charge in [0.25, 0.3) is 11.8 Å². The molecule has 2 aromatic carbocycles. The lowest BCUT2D eigenvalue weighted by Crippen LogP contribution is -2.27. The van der Waals surface area contributed by atoms with E-state index in [2.05, 4.69) is 15.6 Å². The molecule has 2 amide bonds. The van der Waals surface area contributed by atoms with Crippen molar-refractivity contribution in [2.75, 3.05) is 11.9 Å². The molecule has 0 aliphatic rings. The summed E-state index contributed by atoms with van der Waals surface area (Å²) >= 11 is 0. The topological polar surface area (TPSA) is 71.1 Å². The molecule has 0 bridgehead atoms. The van der Waals surface area contributed by atoms with Crippen LogP contribution in [-0.4, -0.2) is 23.3 Å². The first-order valence-electron chi connectivity index (χ1n) is 8.58. The number of hydrogen-bond donors (Lipinski definition) is 2. The molecule has 1 heterocycles. The van der Waals surface area contributed by atoms with Gasteiger partial charge in [0.1, 0.15) is 23.0 Å². The SMILES string of the molecule is O=C(NCCc1ccccc1)c1cccc(C(=O)Nc2ccc(F)cc2F)n1. The number of benzene rings is 2. The van der Waals surface area contributed by atoms with Crippen molar-refractivity contribution >= 4 is 17.5 Å². The zero-order valence-corrected chi connectivity index (χ0v) is 14.8. The zero-order chi connectivity index (χ0) is 19.9. The summed E-state index contributed by atoms with van der Waals surface area (Å²) in [5, 5.41) is 5.05. The van der Waals surface area contributed by atoms with Crippen molar-refractivity contribution in [3.63, 3.8) is 0 Å². The first-order chi connectivity index (χ1) is 13.5. The van der Waals surface area contributed by atoms with Gasteiger partial charge in [-0.05, 0) is 36.2 Å². The number of amides is 2. The third-order valence-electron chi connectivity index (χ3n) is 3.94. The molecule has 0 saturated carbocycles. The van der Waals surface area contributed by atoms with E-state index in [0.29, 0.717) is 19.0 Å². The van der Waals surface area contributed by atoms with Crippen molar-refractivity contribution in [2.24, 2.45) is 0 Å². The molecule has 1 aromatic heterocycles. The molecule has 0 atom stereocenters. The van der Waals surface area contributed by atoms with Crippen LogP contribution in [-0.2, 0) is 6.42 Å². The molecule has 0 radical (unpaired) electrons. The number of pyridine rings is 1. The highest BCUT2D eigenvalue weighted by Gasteiger charge is 2.14. The molecule has 0 fully saturated rings. The maximum Gasteiger partial charge on any atom is 0.274 e. The van der Waals surface area contributed by atoms with Crippen LogP contribution in [0, 0.1) is 11.6 Å². The van der Waals surface area contributed by atoms with Crippen LogP contribution in [0.5, 0.6) is 0 Å². The Morgan fingerprint density at radius 1 is 0.857 bits per heavy atom. The fourth-order valence-corrected chi connectivity index (χ4v) is 2.52. The van der Waals surface area contributed by atoms with Gasteiger partial charge in [-0.25, -0.2) is 13.8 Å². The molecule has 0 aliphatic heterocycles. The van der Waals surface area contributed by atoms with Crippen molar-refractivity contribution in [3.8, 4) is 0 Å². The molecule has 0 saturated heterocycles. The highest BCUT2D eigenvalue weighted by atomic mass is 19.1. The van der Waals surface area contributed by atoms with E-state index in [-0.39, 0.29) is 17.1 Å². The fourth-order valence-electron chi connectivity index (χ4n) is 2.52. The maximum absolute atomic E-state index is 13.7. The summed E-state index contributed by atoms with van der Waals surface area (Å²) in [7, 11) is 0. The van der Waals surface area contributed by atoms with Crippen molar-refractivity contribution in [3.05, 3.63) is 95.3 Å². The van der Waals surface area contributed by atoms with Crippen LogP contribution in [0.25, 0.3) is 0 Å². The molecule has 0 spiro atoms. The van der Waals surface area contributed by atoms with Crippen LogP contribution in [0.4, 0.5) is 14.5 Å². The number of anilines is 1. The Bertz CT molecular complexity index is 994. The largest absolute Gasteiger partial charge is 0.350 e. The van der Waals surface area contributed by atoms with Crippen molar-refractivity contribution in [1.82, 2.24) is 10.3 Å². The molecular formula is C21H17F2N3O2. The summed E-state index contributed by atoms with van der Waals surface area (Å²) in [5.74, 6) is -2.77. The van der Waals surface area contributed by atoms with Gasteiger partial charge in [0.2, 0.25) is 0 Å². The average molecular weight is 381 g/mol. The van der Waals surface area contributed by atoms with Crippen LogP contribution in [0.15, 0.2) is 66.7 Å². The summed E-state index contributed by atoms with van der Waals surface area (Å²) in [5.41, 5.74) is 0.927. The summed E-state index contributed by atoms with van der Waals surface area (Å²) in [6, 6.07) is 16.9. The number of halogens is 2. The highest BCUT2D eigenvalue weighted by molar-refractivity contribution is 6.03. The Morgan fingerprint density at radius 2 is 1.57 bits per heavy atom. The Morgan fingerprint density at radius 3 is 2.29 bits per heavy atom. The van der Waals surface area contributed by atoms with Crippen molar-refractivity contribution < 1.29 is 18.4 Å². The minimum absolute atomic E-state index is 0.0561. The Hall–Kier alpha value is -3.61. The van der Waals surface area contributed by atoms with E-state index in [9.17, 15) is 18.4 Å². The molecule has 0 unspecified atom stereocenters. The van der Waals surface area contributed by atoms with Gasteiger partial charge in [0, 0.05) is 12.6 Å². The number of nitrogens with one attached hydrogen (secondary N) is 2. The summed E-state index contributed by atoms with van der Waals surface area (Å²) in [4.78, 5) is 28.5. The number of rotatable bonds is 6. The second-order valence-corrected chi connectivity index (χ2v) is 5.98. The van der Waals surface area contributed by atoms with E-state index < -0.39 is 23.4 Å². The molecular weight excluding hydrogens is 364 g/mol. The van der Waals surface area contributed by atoms with E-state index in [1.165, 1.54) is 18.2 Å². The first-order valence-corrected chi connectivity index (χ1v) is 8.58. The van der Waals surface area contributed by atoms with Crippen molar-refractivity contribution in [1.29, 1.82) is 0 Å². The first kappa shape index (κ1) is 19.2. The second-order valence-electron chi connectivity index (χ2n) is 5.98. The van der Waals surface area contributed by atoms with E-state index in [4.69, 9.17) is 0 Å². The zero-order valence-electron chi connectivity index (χ0n) is 14.8. The molecule has 0 aliphatic carbocycles. The lowest BCUT2D eigenvalue weighted by atomic mass is 10.1. The summed E-state index contributed by atoms with van der Waals surface area (Å²) < 4.78 is 26.6. The number of nitrogens with zero attached hydrogens (tertiary/aromatic N) is 1. The average Bonchev–Trinajstić information content (AvgIpc) is 2.71. The molecule has 2 N–H and O–H groups in total. The minimum atomic E-state index is -0.900. The van der Waals surface area contributed by atoms with Gasteiger partial charge in [-0.3, -0.25) is 9.59 Å². The standard InChI is InChI=1S/C21H17F2N3O2/c22-15-9-10-17(16(23)13-15)26-21(28)19-8-4-7-18(25-19)20(27)24-12-11-14-5-2-1-3-6-14/h1-10,13H,11-12H2,(H,24,27)(H,26,28). The van der Waals surface area contributed by atoms with E-state index in [1.807, 2.05) is 30.3 Å². The maximum atomic E-state index is 13.7. The number of hydrogen-bond acceptors (Lipinski definition) is 3. The van der Waals surface area contributed by atoms with Gasteiger partial charge < -0.3 is 10.6 Å². The molecule has 7 heteroatoms. The van der Waals surface area contributed by atoms with Gasteiger partial charge in [0.05, 0.1) is 5.69 Å². The quantitative estimate of drug-likeness (QED) is 0.686. The predicted molar refractivity (Wildman–Crippen MR) is 101 cm³/mol. The number of carbonyl (C=O) groups is 2. The number of aromatic nitrogens is 1. The lowest BCUT2D eigenvalue weighted by molar-refractivity contribution is 0.0949. The Kier molecular flexibility index (Phi) is 6.06. The van der Waals surface area contributed by atoms with E-state index in [1.54, 1.807) is 0 Å². The van der Waals surface area contributed by atoms with Crippen LogP contribution in [0.2, 0.25) is 0 Å². The normalized spacial score (nSPS) is 10.4. The summed E-state index contributed by atoms with van der Waals surface area (Å²) in [6.45, 7) is 0.418. The third-order valence-corrected chi connectivity index (χ3v) is 3.94. The second kappa shape index (κ2) is 8.85. The third kappa shape index (κ3) is 4.97. The van der Waals surface area contributed by atoms with Crippen LogP contribution < -0.4 is 10.6 Å². The van der Waals surface area contributed by atoms with Gasteiger partial charge in [-0.1, -0.05) is 36.4 Å². The molecule has 142 valence electrons. The molecule has 3 aromatic rings. The highest BCUT2D eigenvalue weighted by Crippen LogP contribution is 2.16. The molecule has 28 heavy (non-hydrogen) atoms. The summed E-state index contributed by atoms with van der Waals surface area (Å²) in [6.07, 6.45) is 0.663. The molecule has 3 rings (SSSR count). The minimum Gasteiger partial charge on any atom is -0.350 e. The Labute approximate surface area is 160 Å². The van der Waals surface area contributed by atoms with E-state index >= 15 is 0 Å². The van der Waals surface area contributed by atoms with Gasteiger partial charge >= 0.3 is 0 Å². The number of carbonyl (C=O) groups excluding carboxylic acids is 2. The Balaban J connectivity index is 1.62. The van der Waals surface area contributed by atoms with E-state index in [0.717, 1.165) is 17.7 Å².